The van der Waals surface area contributed by atoms with Crippen LogP contribution >= 0.6 is 0 Å². The van der Waals surface area contributed by atoms with Crippen LogP contribution in [0.5, 0.6) is 0 Å². The Hall–Kier alpha value is -2.71. The number of methoxy groups -OCH3 is 1. The van der Waals surface area contributed by atoms with Crippen molar-refractivity contribution in [1.82, 2.24) is 4.98 Å². The zero-order valence-corrected chi connectivity index (χ0v) is 12.1. The first-order chi connectivity index (χ1) is 10.3. The molecule has 0 aromatic carbocycles. The third-order valence-electron chi connectivity index (χ3n) is 3.53. The number of carbonyl (C=O) groups excluding carboxylic acids is 1. The summed E-state index contributed by atoms with van der Waals surface area (Å²) >= 11 is 0. The molecule has 1 fully saturated rings. The second kappa shape index (κ2) is 5.96. The van der Waals surface area contributed by atoms with Gasteiger partial charge in [-0.05, 0) is 19.4 Å². The number of aryl methyl sites for hydroxylation is 1. The van der Waals surface area contributed by atoms with Crippen LogP contribution in [0.15, 0.2) is 6.07 Å². The summed E-state index contributed by atoms with van der Waals surface area (Å²) in [7, 11) is 1.14. The van der Waals surface area contributed by atoms with Crippen LogP contribution in [0.2, 0.25) is 0 Å². The molecular formula is C13H15N3O6. The van der Waals surface area contributed by atoms with Gasteiger partial charge >= 0.3 is 17.6 Å². The molecule has 0 spiro atoms. The molecule has 1 aromatic heterocycles. The molecule has 9 heteroatoms. The molecule has 1 saturated heterocycles. The predicted octanol–water partition coefficient (Wildman–Crippen LogP) is 0.996. The van der Waals surface area contributed by atoms with E-state index in [9.17, 15) is 19.7 Å². The molecule has 1 aliphatic rings. The van der Waals surface area contributed by atoms with E-state index in [2.05, 4.69) is 9.72 Å². The Morgan fingerprint density at radius 1 is 1.55 bits per heavy atom. The van der Waals surface area contributed by atoms with Crippen LogP contribution in [-0.4, -0.2) is 47.2 Å². The number of pyridine rings is 1. The number of rotatable bonds is 4. The van der Waals surface area contributed by atoms with Gasteiger partial charge in [-0.2, -0.15) is 0 Å². The van der Waals surface area contributed by atoms with Crippen LogP contribution in [0, 0.1) is 23.0 Å². The first-order valence-corrected chi connectivity index (χ1v) is 6.57. The fourth-order valence-electron chi connectivity index (χ4n) is 2.47. The van der Waals surface area contributed by atoms with Crippen molar-refractivity contribution in [2.45, 2.75) is 13.3 Å². The van der Waals surface area contributed by atoms with Gasteiger partial charge in [0.15, 0.2) is 0 Å². The molecule has 1 atom stereocenters. The lowest BCUT2D eigenvalue weighted by Gasteiger charge is -2.18. The fraction of sp³-hybridized carbons (Fsp3) is 0.462. The van der Waals surface area contributed by atoms with Crippen LogP contribution in [-0.2, 0) is 9.53 Å². The van der Waals surface area contributed by atoms with Gasteiger partial charge in [0.1, 0.15) is 5.56 Å². The summed E-state index contributed by atoms with van der Waals surface area (Å²) in [6.07, 6.45) is 0.371. The van der Waals surface area contributed by atoms with Gasteiger partial charge in [-0.25, -0.2) is 9.78 Å². The van der Waals surface area contributed by atoms with Crippen molar-refractivity contribution in [3.63, 3.8) is 0 Å². The fourth-order valence-corrected chi connectivity index (χ4v) is 2.47. The highest BCUT2D eigenvalue weighted by molar-refractivity contribution is 5.96. The van der Waals surface area contributed by atoms with E-state index in [0.29, 0.717) is 18.7 Å². The summed E-state index contributed by atoms with van der Waals surface area (Å²) in [6.45, 7) is 2.05. The summed E-state index contributed by atoms with van der Waals surface area (Å²) in [4.78, 5) is 39.1. The maximum Gasteiger partial charge on any atom is 0.345 e. The Morgan fingerprint density at radius 3 is 2.73 bits per heavy atom. The van der Waals surface area contributed by atoms with Gasteiger partial charge in [0.05, 0.1) is 18.0 Å². The van der Waals surface area contributed by atoms with E-state index in [-0.39, 0.29) is 17.9 Å². The monoisotopic (exact) mass is 309 g/mol. The van der Waals surface area contributed by atoms with E-state index in [4.69, 9.17) is 5.11 Å². The van der Waals surface area contributed by atoms with E-state index >= 15 is 0 Å². The van der Waals surface area contributed by atoms with E-state index in [1.165, 1.54) is 11.0 Å². The number of carbonyl (C=O) groups is 2. The number of hydrogen-bond donors (Lipinski definition) is 1. The molecular weight excluding hydrogens is 294 g/mol. The highest BCUT2D eigenvalue weighted by Crippen LogP contribution is 2.34. The maximum absolute atomic E-state index is 11.8. The van der Waals surface area contributed by atoms with Crippen LogP contribution in [0.25, 0.3) is 0 Å². The first-order valence-electron chi connectivity index (χ1n) is 6.57. The molecule has 0 saturated carbocycles. The molecule has 22 heavy (non-hydrogen) atoms. The molecule has 0 aliphatic carbocycles. The van der Waals surface area contributed by atoms with Gasteiger partial charge in [-0.3, -0.25) is 14.9 Å². The Labute approximate surface area is 125 Å². The van der Waals surface area contributed by atoms with E-state index in [1.807, 2.05) is 0 Å². The van der Waals surface area contributed by atoms with Gasteiger partial charge in [0, 0.05) is 18.8 Å². The second-order valence-corrected chi connectivity index (χ2v) is 5.00. The third-order valence-corrected chi connectivity index (χ3v) is 3.53. The minimum Gasteiger partial charge on any atom is -0.481 e. The van der Waals surface area contributed by atoms with Crippen molar-refractivity contribution in [1.29, 1.82) is 0 Å². The molecule has 118 valence electrons. The van der Waals surface area contributed by atoms with Crippen LogP contribution in [0.3, 0.4) is 0 Å². The Morgan fingerprint density at radius 2 is 2.23 bits per heavy atom. The average molecular weight is 309 g/mol. The second-order valence-electron chi connectivity index (χ2n) is 5.00. The minimum absolute atomic E-state index is 0.00847. The van der Waals surface area contributed by atoms with Crippen LogP contribution in [0.1, 0.15) is 22.5 Å². The van der Waals surface area contributed by atoms with Crippen molar-refractivity contribution in [3.05, 3.63) is 27.4 Å². The van der Waals surface area contributed by atoms with Crippen molar-refractivity contribution < 1.29 is 24.4 Å². The Kier molecular flexibility index (Phi) is 4.25. The molecule has 0 radical (unpaired) electrons. The maximum atomic E-state index is 11.8. The molecule has 2 rings (SSSR count). The van der Waals surface area contributed by atoms with E-state index in [0.717, 1.165) is 7.11 Å². The lowest BCUT2D eigenvalue weighted by atomic mass is 10.1. The van der Waals surface area contributed by atoms with E-state index in [1.54, 1.807) is 6.92 Å². The summed E-state index contributed by atoms with van der Waals surface area (Å²) < 4.78 is 4.58. The molecule has 1 aliphatic heterocycles. The Balaban J connectivity index is 2.51. The number of esters is 1. The van der Waals surface area contributed by atoms with Crippen molar-refractivity contribution >= 4 is 23.4 Å². The lowest BCUT2D eigenvalue weighted by molar-refractivity contribution is -0.384. The van der Waals surface area contributed by atoms with Gasteiger partial charge in [-0.1, -0.05) is 0 Å². The first kappa shape index (κ1) is 15.7. The number of carboxylic acids is 1. The number of hydrogen-bond acceptors (Lipinski definition) is 7. The van der Waals surface area contributed by atoms with Gasteiger partial charge in [-0.15, -0.1) is 0 Å². The topological polar surface area (TPSA) is 123 Å². The number of anilines is 1. The lowest BCUT2D eigenvalue weighted by Crippen LogP contribution is -2.25. The standard InChI is InChI=1S/C13H15N3O6/c1-7-5-9(13(19)22-2)10(16(20)21)11(14-7)15-4-3-8(6-15)12(17)18/h5,8H,3-4,6H2,1-2H3,(H,17,18). The minimum atomic E-state index is -0.953. The van der Waals surface area contributed by atoms with Gasteiger partial charge in [0.25, 0.3) is 0 Å². The number of nitrogens with zero attached hydrogens (tertiary/aromatic N) is 3. The van der Waals surface area contributed by atoms with Gasteiger partial charge < -0.3 is 14.7 Å². The smallest absolute Gasteiger partial charge is 0.345 e. The number of ether oxygens (including phenoxy) is 1. The van der Waals surface area contributed by atoms with Crippen molar-refractivity contribution in [2.75, 3.05) is 25.1 Å². The third kappa shape index (κ3) is 2.83. The molecule has 0 bridgehead atoms. The summed E-state index contributed by atoms with van der Waals surface area (Å²) in [5, 5.41) is 20.4. The average Bonchev–Trinajstić information content (AvgIpc) is 2.95. The SMILES string of the molecule is COC(=O)c1cc(C)nc(N2CCC(C(=O)O)C2)c1[N+](=O)[O-]. The predicted molar refractivity (Wildman–Crippen MR) is 74.9 cm³/mol. The number of nitro groups is 1. The highest BCUT2D eigenvalue weighted by Gasteiger charge is 2.35. The van der Waals surface area contributed by atoms with Gasteiger partial charge in [0.2, 0.25) is 5.82 Å². The summed E-state index contributed by atoms with van der Waals surface area (Å²) in [5.74, 6) is -2.38. The zero-order chi connectivity index (χ0) is 16.4. The number of carboxylic acid groups (broad SMARTS) is 1. The van der Waals surface area contributed by atoms with Crippen LogP contribution in [0.4, 0.5) is 11.5 Å². The summed E-state index contributed by atoms with van der Waals surface area (Å²) in [6, 6.07) is 1.29. The Bertz CT molecular complexity index is 645. The van der Waals surface area contributed by atoms with Crippen molar-refractivity contribution in [3.8, 4) is 0 Å². The zero-order valence-electron chi connectivity index (χ0n) is 12.1. The molecule has 9 nitrogen and oxygen atoms in total. The normalized spacial score (nSPS) is 17.4. The summed E-state index contributed by atoms with van der Waals surface area (Å²) in [5.41, 5.74) is -0.225. The van der Waals surface area contributed by atoms with Crippen LogP contribution < -0.4 is 4.90 Å². The molecule has 1 aromatic rings. The van der Waals surface area contributed by atoms with Crippen molar-refractivity contribution in [2.24, 2.45) is 5.92 Å². The van der Waals surface area contributed by atoms with E-state index < -0.39 is 28.5 Å². The quantitative estimate of drug-likeness (QED) is 0.496. The molecule has 2 heterocycles. The number of aliphatic carboxylic acids is 1. The molecule has 0 amide bonds. The highest BCUT2D eigenvalue weighted by atomic mass is 16.6. The molecule has 1 N–H and O–H groups in total. The number of aromatic nitrogens is 1. The molecule has 1 unspecified atom stereocenters. The largest absolute Gasteiger partial charge is 0.481 e.